The van der Waals surface area contributed by atoms with E-state index in [2.05, 4.69) is 7.05 Å². The van der Waals surface area contributed by atoms with Gasteiger partial charge in [-0.2, -0.15) is 0 Å². The Bertz CT molecular complexity index is 82.5. The van der Waals surface area contributed by atoms with Crippen LogP contribution in [0.3, 0.4) is 0 Å². The lowest BCUT2D eigenvalue weighted by Crippen LogP contribution is -2.84. The average Bonchev–Trinajstić information content (AvgIpc) is 1.84. The van der Waals surface area contributed by atoms with Crippen LogP contribution in [0.15, 0.2) is 0 Å². The summed E-state index contributed by atoms with van der Waals surface area (Å²) < 4.78 is 0. The van der Waals surface area contributed by atoms with E-state index in [-0.39, 0.29) is 5.91 Å². The highest BCUT2D eigenvalue weighted by molar-refractivity contribution is 5.70. The molecule has 48 valence electrons. The quantitative estimate of drug-likeness (QED) is 0.439. The lowest BCUT2D eigenvalue weighted by Gasteiger charge is -2.01. The van der Waals surface area contributed by atoms with Gasteiger partial charge in [0.2, 0.25) is 0 Å². The number of aliphatic hydroxyl groups excluding tert-OH is 1. The predicted molar refractivity (Wildman–Crippen MR) is 28.6 cm³/mol. The molecule has 0 aromatic heterocycles. The van der Waals surface area contributed by atoms with Gasteiger partial charge in [-0.25, -0.2) is 4.79 Å². The van der Waals surface area contributed by atoms with Crippen LogP contribution in [-0.4, -0.2) is 17.1 Å². The average molecular weight is 117 g/mol. The number of primary amides is 1. The second kappa shape index (κ2) is 3.57. The Labute approximate surface area is 48.7 Å². The molecule has 0 aliphatic heterocycles. The van der Waals surface area contributed by atoms with Crippen LogP contribution in [0, 0.1) is 7.05 Å². The summed E-state index contributed by atoms with van der Waals surface area (Å²) in [7, 11) is 3.22. The molecular weight excluding hydrogens is 106 g/mol. The molecule has 0 unspecified atom stereocenters. The molecule has 0 fully saturated rings. The standard InChI is InChI=1S/C5H11NO2/c1-3-4(7)5(8)6-2/h4,7H,2-3,6H2,1H3/t4-/m1/s1. The summed E-state index contributed by atoms with van der Waals surface area (Å²) in [6.45, 7) is 1.74. The van der Waals surface area contributed by atoms with E-state index >= 15 is 0 Å². The molecule has 0 saturated heterocycles. The Morgan fingerprint density at radius 3 is 2.62 bits per heavy atom. The van der Waals surface area contributed by atoms with E-state index in [1.165, 1.54) is 0 Å². The highest BCUT2D eigenvalue weighted by Gasteiger charge is 2.10. The van der Waals surface area contributed by atoms with Crippen molar-refractivity contribution in [2.75, 3.05) is 0 Å². The molecule has 1 atom stereocenters. The van der Waals surface area contributed by atoms with Crippen molar-refractivity contribution in [3.63, 3.8) is 0 Å². The van der Waals surface area contributed by atoms with E-state index < -0.39 is 6.10 Å². The second-order valence-corrected chi connectivity index (χ2v) is 1.53. The maximum absolute atomic E-state index is 10.4. The molecule has 0 bridgehead atoms. The fourth-order valence-electron chi connectivity index (χ4n) is 0.337. The monoisotopic (exact) mass is 117 g/mol. The Morgan fingerprint density at radius 1 is 2.00 bits per heavy atom. The molecule has 0 radical (unpaired) electrons. The summed E-state index contributed by atoms with van der Waals surface area (Å²) in [6, 6.07) is 0. The van der Waals surface area contributed by atoms with Crippen molar-refractivity contribution < 1.29 is 15.2 Å². The Balaban J connectivity index is 3.46. The molecule has 0 spiro atoms. The van der Waals surface area contributed by atoms with Gasteiger partial charge in [0, 0.05) is 0 Å². The molecule has 0 aromatic carbocycles. The van der Waals surface area contributed by atoms with E-state index in [1.807, 2.05) is 0 Å². The number of nitrogens with two attached hydrogens (primary N) is 1. The highest BCUT2D eigenvalue weighted by atomic mass is 16.3. The number of hydrogen-bond acceptors (Lipinski definition) is 2. The van der Waals surface area contributed by atoms with Crippen molar-refractivity contribution in [2.24, 2.45) is 0 Å². The molecule has 0 saturated carbocycles. The zero-order valence-corrected chi connectivity index (χ0v) is 4.92. The second-order valence-electron chi connectivity index (χ2n) is 1.53. The van der Waals surface area contributed by atoms with Gasteiger partial charge in [0.15, 0.2) is 6.10 Å². The zero-order chi connectivity index (χ0) is 6.57. The van der Waals surface area contributed by atoms with E-state index in [4.69, 9.17) is 5.11 Å². The number of aliphatic hydroxyl groups is 1. The van der Waals surface area contributed by atoms with Crippen molar-refractivity contribution in [1.29, 1.82) is 0 Å². The van der Waals surface area contributed by atoms with Gasteiger partial charge in [-0.3, -0.25) is 0 Å². The highest BCUT2D eigenvalue weighted by Crippen LogP contribution is 1.83. The van der Waals surface area contributed by atoms with Crippen molar-refractivity contribution in [1.82, 2.24) is 0 Å². The van der Waals surface area contributed by atoms with Gasteiger partial charge >= 0.3 is 5.91 Å². The zero-order valence-electron chi connectivity index (χ0n) is 4.92. The number of carbonyl (C=O) groups excluding carboxylic acids is 1. The Morgan fingerprint density at radius 2 is 2.50 bits per heavy atom. The lowest BCUT2D eigenvalue weighted by molar-refractivity contribution is -0.511. The normalized spacial score (nSPS) is 13.4. The van der Waals surface area contributed by atoms with Gasteiger partial charge in [-0.05, 0) is 6.42 Å². The Hall–Kier alpha value is -0.410. The van der Waals surface area contributed by atoms with Gasteiger partial charge < -0.3 is 10.4 Å². The van der Waals surface area contributed by atoms with Crippen molar-refractivity contribution in [3.8, 4) is 0 Å². The van der Waals surface area contributed by atoms with Crippen LogP contribution >= 0.6 is 0 Å². The van der Waals surface area contributed by atoms with Crippen LogP contribution in [0.25, 0.3) is 0 Å². The SMILES string of the molecule is [CH2-][NH2+]C(=O)[C@H](O)CC. The fourth-order valence-corrected chi connectivity index (χ4v) is 0.337. The summed E-state index contributed by atoms with van der Waals surface area (Å²) >= 11 is 0. The van der Waals surface area contributed by atoms with Crippen molar-refractivity contribution in [3.05, 3.63) is 7.05 Å². The first-order valence-corrected chi connectivity index (χ1v) is 2.56. The molecular formula is C5H11NO2. The largest absolute Gasteiger partial charge is 0.413 e. The maximum Gasteiger partial charge on any atom is 0.313 e. The minimum absolute atomic E-state index is 0.299. The first-order valence-electron chi connectivity index (χ1n) is 2.56. The maximum atomic E-state index is 10.4. The third-order valence-electron chi connectivity index (χ3n) is 0.916. The van der Waals surface area contributed by atoms with Crippen molar-refractivity contribution >= 4 is 5.91 Å². The molecule has 0 aliphatic rings. The third-order valence-corrected chi connectivity index (χ3v) is 0.916. The van der Waals surface area contributed by atoms with E-state index in [9.17, 15) is 4.79 Å². The fraction of sp³-hybridized carbons (Fsp3) is 0.600. The summed E-state index contributed by atoms with van der Waals surface area (Å²) in [4.78, 5) is 10.4. The van der Waals surface area contributed by atoms with Gasteiger partial charge in [-0.1, -0.05) is 6.92 Å². The number of quaternary nitrogens is 1. The molecule has 1 amide bonds. The summed E-state index contributed by atoms with van der Waals surface area (Å²) in [6.07, 6.45) is -0.377. The van der Waals surface area contributed by atoms with Gasteiger partial charge in [0.05, 0.1) is 0 Å². The van der Waals surface area contributed by atoms with Crippen LogP contribution in [-0.2, 0) is 4.79 Å². The van der Waals surface area contributed by atoms with Gasteiger partial charge in [0.25, 0.3) is 0 Å². The predicted octanol–water partition coefficient (Wildman–Crippen LogP) is -1.36. The lowest BCUT2D eigenvalue weighted by atomic mass is 10.3. The summed E-state index contributed by atoms with van der Waals surface area (Å²) in [5.74, 6) is -0.299. The van der Waals surface area contributed by atoms with Crippen LogP contribution in [0.2, 0.25) is 0 Å². The minimum Gasteiger partial charge on any atom is -0.413 e. The Kier molecular flexibility index (Phi) is 3.39. The van der Waals surface area contributed by atoms with Crippen LogP contribution in [0.1, 0.15) is 13.3 Å². The number of rotatable bonds is 2. The summed E-state index contributed by atoms with van der Waals surface area (Å²) in [5, 5.41) is 9.84. The molecule has 0 rings (SSSR count). The van der Waals surface area contributed by atoms with Gasteiger partial charge in [0.1, 0.15) is 0 Å². The molecule has 8 heavy (non-hydrogen) atoms. The van der Waals surface area contributed by atoms with Crippen LogP contribution < -0.4 is 5.32 Å². The van der Waals surface area contributed by atoms with E-state index in [1.54, 1.807) is 6.92 Å². The third kappa shape index (κ3) is 2.04. The molecule has 3 heteroatoms. The van der Waals surface area contributed by atoms with Crippen LogP contribution in [0.5, 0.6) is 0 Å². The summed E-state index contributed by atoms with van der Waals surface area (Å²) in [5.41, 5.74) is 0. The topological polar surface area (TPSA) is 53.9 Å². The van der Waals surface area contributed by atoms with Crippen molar-refractivity contribution in [2.45, 2.75) is 19.4 Å². The molecule has 0 heterocycles. The molecule has 0 aliphatic carbocycles. The minimum atomic E-state index is -0.840. The smallest absolute Gasteiger partial charge is 0.313 e. The molecule has 3 N–H and O–H groups in total. The first-order chi connectivity index (χ1) is 3.72. The molecule has 0 aromatic rings. The number of amides is 1. The van der Waals surface area contributed by atoms with E-state index in [0.29, 0.717) is 6.42 Å². The van der Waals surface area contributed by atoms with Crippen LogP contribution in [0.4, 0.5) is 0 Å². The van der Waals surface area contributed by atoms with Gasteiger partial charge in [-0.15, -0.1) is 7.05 Å². The van der Waals surface area contributed by atoms with E-state index in [0.717, 1.165) is 5.32 Å². The molecule has 3 nitrogen and oxygen atoms in total. The number of hydrogen-bond donors (Lipinski definition) is 2. The number of carbonyl (C=O) groups is 1. The first kappa shape index (κ1) is 7.59.